The Morgan fingerprint density at radius 2 is 1.77 bits per heavy atom. The molecule has 76 valence electrons. The molecule has 4 heteroatoms. The summed E-state index contributed by atoms with van der Waals surface area (Å²) in [5.41, 5.74) is 5.07. The minimum Gasteiger partial charge on any atom is -0.383 e. The van der Waals surface area contributed by atoms with Crippen molar-refractivity contribution in [1.82, 2.24) is 9.55 Å². The van der Waals surface area contributed by atoms with Crippen LogP contribution in [0.4, 0.5) is 5.82 Å². The number of nitrogen functional groups attached to an aromatic ring is 1. The number of rotatable bonds is 0. The van der Waals surface area contributed by atoms with Crippen LogP contribution in [0, 0.1) is 0 Å². The largest absolute Gasteiger partial charge is 0.383 e. The molecule has 1 aromatic rings. The van der Waals surface area contributed by atoms with Gasteiger partial charge in [-0.05, 0) is 0 Å². The molecule has 0 saturated heterocycles. The zero-order chi connectivity index (χ0) is 10.9. The molecule has 2 N–H and O–H groups in total. The minimum absolute atomic E-state index is 0.137. The first-order chi connectivity index (χ1) is 6.20. The standard InChI is InChI=1S/C5H7N3O.2C2H6/c1-8-3-7-4(6)2-5(8)9;2*1-2/h2-3H,6H2,1H3;2*1-2H3. The fourth-order valence-electron chi connectivity index (χ4n) is 0.476. The van der Waals surface area contributed by atoms with E-state index in [0.29, 0.717) is 0 Å². The Balaban J connectivity index is 0. The van der Waals surface area contributed by atoms with Gasteiger partial charge in [-0.25, -0.2) is 4.98 Å². The van der Waals surface area contributed by atoms with Crippen LogP contribution in [0.1, 0.15) is 27.7 Å². The molecule has 0 aromatic carbocycles. The lowest BCUT2D eigenvalue weighted by atomic mass is 10.6. The number of hydrogen-bond acceptors (Lipinski definition) is 3. The molecule has 1 aromatic heterocycles. The third-order valence-electron chi connectivity index (χ3n) is 0.999. The molecule has 13 heavy (non-hydrogen) atoms. The van der Waals surface area contributed by atoms with Crippen LogP contribution < -0.4 is 11.3 Å². The predicted octanol–water partition coefficient (Wildman–Crippen LogP) is 1.41. The van der Waals surface area contributed by atoms with E-state index in [-0.39, 0.29) is 11.4 Å². The Hall–Kier alpha value is -1.32. The molecule has 0 spiro atoms. The zero-order valence-corrected chi connectivity index (χ0v) is 9.03. The van der Waals surface area contributed by atoms with Gasteiger partial charge in [0.2, 0.25) is 0 Å². The number of nitrogens with zero attached hydrogens (tertiary/aromatic N) is 2. The summed E-state index contributed by atoms with van der Waals surface area (Å²) in [6.07, 6.45) is 1.39. The first-order valence-corrected chi connectivity index (χ1v) is 4.48. The van der Waals surface area contributed by atoms with Crippen molar-refractivity contribution in [2.75, 3.05) is 5.73 Å². The van der Waals surface area contributed by atoms with Crippen molar-refractivity contribution < 1.29 is 0 Å². The molecule has 0 radical (unpaired) electrons. The molecule has 0 unspecified atom stereocenters. The highest BCUT2D eigenvalue weighted by Crippen LogP contribution is 1.83. The maximum absolute atomic E-state index is 10.7. The molecule has 0 fully saturated rings. The summed E-state index contributed by atoms with van der Waals surface area (Å²) < 4.78 is 1.36. The predicted molar refractivity (Wildman–Crippen MR) is 56.6 cm³/mol. The van der Waals surface area contributed by atoms with E-state index in [1.165, 1.54) is 17.0 Å². The Labute approximate surface area is 79.4 Å². The Morgan fingerprint density at radius 3 is 2.08 bits per heavy atom. The van der Waals surface area contributed by atoms with Gasteiger partial charge in [0.1, 0.15) is 5.82 Å². The van der Waals surface area contributed by atoms with E-state index in [1.54, 1.807) is 7.05 Å². The highest BCUT2D eigenvalue weighted by Gasteiger charge is 1.88. The fourth-order valence-corrected chi connectivity index (χ4v) is 0.476. The van der Waals surface area contributed by atoms with Gasteiger partial charge in [0.25, 0.3) is 5.56 Å². The van der Waals surface area contributed by atoms with E-state index >= 15 is 0 Å². The molecule has 1 rings (SSSR count). The monoisotopic (exact) mass is 185 g/mol. The molecule has 0 aliphatic carbocycles. The Kier molecular flexibility index (Phi) is 9.60. The Bertz CT molecular complexity index is 268. The first kappa shape index (κ1) is 14.2. The summed E-state index contributed by atoms with van der Waals surface area (Å²) in [4.78, 5) is 14.4. The van der Waals surface area contributed by atoms with E-state index in [9.17, 15) is 4.79 Å². The normalized spacial score (nSPS) is 7.46. The van der Waals surface area contributed by atoms with Crippen LogP contribution in [0.25, 0.3) is 0 Å². The third kappa shape index (κ3) is 5.90. The van der Waals surface area contributed by atoms with E-state index < -0.39 is 0 Å². The highest BCUT2D eigenvalue weighted by molar-refractivity contribution is 5.23. The van der Waals surface area contributed by atoms with Crippen molar-refractivity contribution in [2.24, 2.45) is 7.05 Å². The van der Waals surface area contributed by atoms with Crippen molar-refractivity contribution in [3.63, 3.8) is 0 Å². The molecule has 0 atom stereocenters. The van der Waals surface area contributed by atoms with Crippen LogP contribution in [0.2, 0.25) is 0 Å². The van der Waals surface area contributed by atoms with Crippen LogP contribution in [0.15, 0.2) is 17.2 Å². The van der Waals surface area contributed by atoms with Gasteiger partial charge in [-0.3, -0.25) is 4.79 Å². The van der Waals surface area contributed by atoms with Crippen molar-refractivity contribution in [1.29, 1.82) is 0 Å². The average Bonchev–Trinajstić information content (AvgIpc) is 2.18. The van der Waals surface area contributed by atoms with Gasteiger partial charge in [0.15, 0.2) is 0 Å². The molecule has 1 heterocycles. The van der Waals surface area contributed by atoms with Gasteiger partial charge in [-0.15, -0.1) is 0 Å². The quantitative estimate of drug-likeness (QED) is 0.665. The second kappa shape index (κ2) is 8.77. The SMILES string of the molecule is CC.CC.Cn1cnc(N)cc1=O. The smallest absolute Gasteiger partial charge is 0.255 e. The number of hydrogen-bond donors (Lipinski definition) is 1. The highest BCUT2D eigenvalue weighted by atomic mass is 16.1. The lowest BCUT2D eigenvalue weighted by molar-refractivity contribution is 0.827. The van der Waals surface area contributed by atoms with Crippen molar-refractivity contribution in [3.05, 3.63) is 22.7 Å². The molecule has 0 aliphatic heterocycles. The van der Waals surface area contributed by atoms with Gasteiger partial charge >= 0.3 is 0 Å². The topological polar surface area (TPSA) is 60.9 Å². The van der Waals surface area contributed by atoms with E-state index in [1.807, 2.05) is 27.7 Å². The van der Waals surface area contributed by atoms with Gasteiger partial charge in [0, 0.05) is 13.1 Å². The number of aromatic nitrogens is 2. The minimum atomic E-state index is -0.137. The van der Waals surface area contributed by atoms with Crippen molar-refractivity contribution in [3.8, 4) is 0 Å². The van der Waals surface area contributed by atoms with Crippen LogP contribution in [-0.2, 0) is 7.05 Å². The van der Waals surface area contributed by atoms with E-state index in [4.69, 9.17) is 5.73 Å². The molecule has 0 amide bonds. The second-order valence-electron chi connectivity index (χ2n) is 1.76. The van der Waals surface area contributed by atoms with Crippen LogP contribution >= 0.6 is 0 Å². The van der Waals surface area contributed by atoms with Crippen molar-refractivity contribution >= 4 is 5.82 Å². The number of aryl methyl sites for hydroxylation is 1. The van der Waals surface area contributed by atoms with Crippen LogP contribution in [-0.4, -0.2) is 9.55 Å². The summed E-state index contributed by atoms with van der Waals surface area (Å²) in [5.74, 6) is 0.262. The van der Waals surface area contributed by atoms with Crippen LogP contribution in [0.5, 0.6) is 0 Å². The maximum Gasteiger partial charge on any atom is 0.255 e. The summed E-state index contributed by atoms with van der Waals surface area (Å²) in [7, 11) is 1.62. The zero-order valence-electron chi connectivity index (χ0n) is 9.03. The number of nitrogens with two attached hydrogens (primary N) is 1. The van der Waals surface area contributed by atoms with Gasteiger partial charge in [0.05, 0.1) is 6.33 Å². The number of anilines is 1. The molecular weight excluding hydrogens is 166 g/mol. The lowest BCUT2D eigenvalue weighted by Gasteiger charge is -1.93. The van der Waals surface area contributed by atoms with Gasteiger partial charge in [-0.1, -0.05) is 27.7 Å². The molecular formula is C9H19N3O. The maximum atomic E-state index is 10.7. The van der Waals surface area contributed by atoms with E-state index in [0.717, 1.165) is 0 Å². The fraction of sp³-hybridized carbons (Fsp3) is 0.556. The lowest BCUT2D eigenvalue weighted by Crippen LogP contribution is -2.16. The Morgan fingerprint density at radius 1 is 1.31 bits per heavy atom. The summed E-state index contributed by atoms with van der Waals surface area (Å²) in [5, 5.41) is 0. The second-order valence-corrected chi connectivity index (χ2v) is 1.76. The summed E-state index contributed by atoms with van der Waals surface area (Å²) in [6.45, 7) is 8.00. The van der Waals surface area contributed by atoms with Crippen molar-refractivity contribution in [2.45, 2.75) is 27.7 Å². The first-order valence-electron chi connectivity index (χ1n) is 4.48. The third-order valence-corrected chi connectivity index (χ3v) is 0.999. The molecule has 0 bridgehead atoms. The summed E-state index contributed by atoms with van der Waals surface area (Å²) in [6, 6.07) is 1.28. The summed E-state index contributed by atoms with van der Waals surface area (Å²) >= 11 is 0. The van der Waals surface area contributed by atoms with Gasteiger partial charge < -0.3 is 10.3 Å². The molecule has 4 nitrogen and oxygen atoms in total. The van der Waals surface area contributed by atoms with Crippen LogP contribution in [0.3, 0.4) is 0 Å². The van der Waals surface area contributed by atoms with E-state index in [2.05, 4.69) is 4.98 Å². The van der Waals surface area contributed by atoms with Gasteiger partial charge in [-0.2, -0.15) is 0 Å². The average molecular weight is 185 g/mol. The molecule has 0 saturated carbocycles. The molecule has 0 aliphatic rings.